The molecule has 0 saturated heterocycles. The molecule has 0 amide bonds. The van der Waals surface area contributed by atoms with E-state index in [-0.39, 0.29) is 6.10 Å². The van der Waals surface area contributed by atoms with Crippen LogP contribution in [0.15, 0.2) is 52.5 Å². The standard InChI is InChI=1S/C20H18ClNO4S/c1-11-17(19(23-2)24-3)18(13-6-4-5-7-15(13)25-11)22-14-10-12(21)8-9-16(14)26-20(22)27/h4-11,19H,1-3H3. The van der Waals surface area contributed by atoms with E-state index in [1.165, 1.54) is 0 Å². The summed E-state index contributed by atoms with van der Waals surface area (Å²) in [5.41, 5.74) is 3.94. The predicted molar refractivity (Wildman–Crippen MR) is 107 cm³/mol. The molecule has 27 heavy (non-hydrogen) atoms. The van der Waals surface area contributed by atoms with Crippen LogP contribution in [0.3, 0.4) is 0 Å². The average Bonchev–Trinajstić information content (AvgIpc) is 2.98. The Balaban J connectivity index is 2.13. The van der Waals surface area contributed by atoms with Gasteiger partial charge in [0.25, 0.3) is 4.84 Å². The Kier molecular flexibility index (Phi) is 4.82. The summed E-state index contributed by atoms with van der Waals surface area (Å²) in [5, 5.41) is 0.595. The average molecular weight is 404 g/mol. The van der Waals surface area contributed by atoms with Gasteiger partial charge in [-0.2, -0.15) is 0 Å². The highest BCUT2D eigenvalue weighted by Gasteiger charge is 2.33. The zero-order valence-electron chi connectivity index (χ0n) is 15.1. The fourth-order valence-corrected chi connectivity index (χ4v) is 3.92. The zero-order chi connectivity index (χ0) is 19.1. The van der Waals surface area contributed by atoms with Gasteiger partial charge in [-0.25, -0.2) is 0 Å². The maximum Gasteiger partial charge on any atom is 0.274 e. The fraction of sp³-hybridized carbons (Fsp3) is 0.250. The van der Waals surface area contributed by atoms with Gasteiger partial charge in [-0.1, -0.05) is 23.7 Å². The smallest absolute Gasteiger partial charge is 0.274 e. The molecular formula is C20H18ClNO4S. The van der Waals surface area contributed by atoms with Gasteiger partial charge in [0.2, 0.25) is 0 Å². The van der Waals surface area contributed by atoms with Crippen LogP contribution in [0.4, 0.5) is 0 Å². The van der Waals surface area contributed by atoms with Crippen molar-refractivity contribution < 1.29 is 18.6 Å². The van der Waals surface area contributed by atoms with Crippen LogP contribution in [0.1, 0.15) is 12.5 Å². The predicted octanol–water partition coefficient (Wildman–Crippen LogP) is 5.28. The summed E-state index contributed by atoms with van der Waals surface area (Å²) in [7, 11) is 3.19. The number of hydrogen-bond donors (Lipinski definition) is 0. The largest absolute Gasteiger partial charge is 0.485 e. The topological polar surface area (TPSA) is 45.8 Å². The van der Waals surface area contributed by atoms with Crippen LogP contribution >= 0.6 is 23.8 Å². The Morgan fingerprint density at radius 1 is 1.15 bits per heavy atom. The van der Waals surface area contributed by atoms with Crippen LogP contribution in [0, 0.1) is 4.84 Å². The number of fused-ring (bicyclic) bond motifs is 2. The third kappa shape index (κ3) is 2.99. The Hall–Kier alpha value is -2.12. The minimum Gasteiger partial charge on any atom is -0.485 e. The molecule has 0 aliphatic carbocycles. The van der Waals surface area contributed by atoms with Crippen molar-refractivity contribution in [1.82, 2.24) is 4.57 Å². The molecule has 1 aliphatic rings. The van der Waals surface area contributed by atoms with Crippen LogP contribution < -0.4 is 4.74 Å². The summed E-state index contributed by atoms with van der Waals surface area (Å²) in [6.45, 7) is 1.95. The van der Waals surface area contributed by atoms with Crippen molar-refractivity contribution in [2.24, 2.45) is 0 Å². The molecule has 2 heterocycles. The molecule has 0 fully saturated rings. The van der Waals surface area contributed by atoms with E-state index in [4.69, 9.17) is 42.4 Å². The van der Waals surface area contributed by atoms with Crippen LogP contribution in [-0.4, -0.2) is 31.2 Å². The molecule has 0 N–H and O–H groups in total. The quantitative estimate of drug-likeness (QED) is 0.438. The summed E-state index contributed by atoms with van der Waals surface area (Å²) >= 11 is 11.8. The maximum absolute atomic E-state index is 6.24. The number of oxazole rings is 1. The lowest BCUT2D eigenvalue weighted by Crippen LogP contribution is -2.33. The molecule has 0 bridgehead atoms. The summed E-state index contributed by atoms with van der Waals surface area (Å²) in [6, 6.07) is 13.2. The van der Waals surface area contributed by atoms with Crippen molar-refractivity contribution in [3.63, 3.8) is 0 Å². The third-order valence-corrected chi connectivity index (χ3v) is 5.11. The number of rotatable bonds is 4. The monoisotopic (exact) mass is 403 g/mol. The van der Waals surface area contributed by atoms with E-state index < -0.39 is 6.29 Å². The highest BCUT2D eigenvalue weighted by atomic mass is 35.5. The van der Waals surface area contributed by atoms with Gasteiger partial charge in [0, 0.05) is 24.8 Å². The number of aromatic nitrogens is 1. The molecule has 3 aromatic rings. The molecule has 7 heteroatoms. The van der Waals surface area contributed by atoms with Crippen molar-refractivity contribution in [3.8, 4) is 5.75 Å². The number of para-hydroxylation sites is 1. The number of ether oxygens (including phenoxy) is 3. The highest BCUT2D eigenvalue weighted by molar-refractivity contribution is 7.71. The minimum absolute atomic E-state index is 0.286. The lowest BCUT2D eigenvalue weighted by atomic mass is 9.97. The van der Waals surface area contributed by atoms with Gasteiger partial charge in [0.15, 0.2) is 11.9 Å². The Morgan fingerprint density at radius 2 is 1.89 bits per heavy atom. The molecule has 1 aromatic heterocycles. The van der Waals surface area contributed by atoms with Gasteiger partial charge in [0.05, 0.1) is 16.8 Å². The van der Waals surface area contributed by atoms with E-state index in [9.17, 15) is 0 Å². The van der Waals surface area contributed by atoms with E-state index in [0.717, 1.165) is 28.1 Å². The fourth-order valence-electron chi connectivity index (χ4n) is 3.47. The van der Waals surface area contributed by atoms with Gasteiger partial charge < -0.3 is 18.6 Å². The van der Waals surface area contributed by atoms with Crippen LogP contribution in [0.25, 0.3) is 16.8 Å². The molecule has 2 aromatic carbocycles. The molecule has 140 valence electrons. The van der Waals surface area contributed by atoms with E-state index in [1.807, 2.05) is 47.9 Å². The molecule has 5 nitrogen and oxygen atoms in total. The second kappa shape index (κ2) is 7.13. The van der Waals surface area contributed by atoms with Crippen LogP contribution in [0.5, 0.6) is 5.75 Å². The van der Waals surface area contributed by atoms with Gasteiger partial charge in [-0.15, -0.1) is 0 Å². The van der Waals surface area contributed by atoms with Crippen LogP contribution in [-0.2, 0) is 9.47 Å². The Morgan fingerprint density at radius 3 is 2.63 bits per heavy atom. The molecule has 1 unspecified atom stereocenters. The van der Waals surface area contributed by atoms with E-state index in [2.05, 4.69) is 0 Å². The third-order valence-electron chi connectivity index (χ3n) is 4.60. The SMILES string of the molecule is COC(OC)C1=C(n2c(=S)oc3ccc(Cl)cc32)c2ccccc2OC1C. The van der Waals surface area contributed by atoms with E-state index in [1.54, 1.807) is 20.3 Å². The summed E-state index contributed by atoms with van der Waals surface area (Å²) in [5.74, 6) is 0.757. The molecule has 0 spiro atoms. The van der Waals surface area contributed by atoms with Crippen molar-refractivity contribution >= 4 is 40.6 Å². The van der Waals surface area contributed by atoms with Gasteiger partial charge in [-0.05, 0) is 49.5 Å². The number of methoxy groups -OCH3 is 2. The molecule has 1 aliphatic heterocycles. The highest BCUT2D eigenvalue weighted by Crippen LogP contribution is 2.40. The first kappa shape index (κ1) is 18.3. The lowest BCUT2D eigenvalue weighted by Gasteiger charge is -2.32. The van der Waals surface area contributed by atoms with Crippen LogP contribution in [0.2, 0.25) is 5.02 Å². The Labute approximate surface area is 166 Å². The first-order valence-electron chi connectivity index (χ1n) is 8.42. The zero-order valence-corrected chi connectivity index (χ0v) is 16.6. The van der Waals surface area contributed by atoms with E-state index >= 15 is 0 Å². The maximum atomic E-state index is 6.24. The normalized spacial score (nSPS) is 16.7. The molecule has 4 rings (SSSR count). The van der Waals surface area contributed by atoms with Gasteiger partial charge >= 0.3 is 0 Å². The minimum atomic E-state index is -0.602. The second-order valence-corrected chi connectivity index (χ2v) is 6.96. The van der Waals surface area contributed by atoms with Gasteiger partial charge in [0.1, 0.15) is 11.9 Å². The van der Waals surface area contributed by atoms with Gasteiger partial charge in [-0.3, -0.25) is 4.57 Å². The lowest BCUT2D eigenvalue weighted by molar-refractivity contribution is -0.0833. The van der Waals surface area contributed by atoms with Crippen molar-refractivity contribution in [2.75, 3.05) is 14.2 Å². The second-order valence-electron chi connectivity index (χ2n) is 6.18. The van der Waals surface area contributed by atoms with Crippen molar-refractivity contribution in [2.45, 2.75) is 19.3 Å². The first-order chi connectivity index (χ1) is 13.0. The molecule has 0 radical (unpaired) electrons. The number of nitrogens with zero attached hydrogens (tertiary/aromatic N) is 1. The number of hydrogen-bond acceptors (Lipinski definition) is 5. The number of halogens is 1. The summed E-state index contributed by atoms with van der Waals surface area (Å²) in [6.07, 6.45) is -0.889. The summed E-state index contributed by atoms with van der Waals surface area (Å²) in [4.78, 5) is 0.314. The molecule has 0 saturated carbocycles. The van der Waals surface area contributed by atoms with Crippen molar-refractivity contribution in [1.29, 1.82) is 0 Å². The molecule has 1 atom stereocenters. The molecular weight excluding hydrogens is 386 g/mol. The number of benzene rings is 2. The Bertz CT molecular complexity index is 1100. The first-order valence-corrected chi connectivity index (χ1v) is 9.21. The van der Waals surface area contributed by atoms with E-state index in [0.29, 0.717) is 15.4 Å². The summed E-state index contributed by atoms with van der Waals surface area (Å²) < 4.78 is 24.9. The van der Waals surface area contributed by atoms with Crippen molar-refractivity contribution in [3.05, 3.63) is 63.5 Å².